The van der Waals surface area contributed by atoms with Gasteiger partial charge >= 0.3 is 12.0 Å². The zero-order valence-electron chi connectivity index (χ0n) is 24.1. The van der Waals surface area contributed by atoms with E-state index >= 15 is 0 Å². The van der Waals surface area contributed by atoms with Gasteiger partial charge in [0.2, 0.25) is 5.91 Å². The van der Waals surface area contributed by atoms with Crippen LogP contribution in [-0.2, 0) is 14.3 Å². The predicted octanol–water partition coefficient (Wildman–Crippen LogP) is 2.99. The van der Waals surface area contributed by atoms with Crippen molar-refractivity contribution in [2.24, 2.45) is 0 Å². The second kappa shape index (κ2) is 11.9. The molecule has 2 aromatic heterocycles. The van der Waals surface area contributed by atoms with E-state index in [1.54, 1.807) is 55.4 Å². The van der Waals surface area contributed by atoms with Gasteiger partial charge in [-0.05, 0) is 51.5 Å². The van der Waals surface area contributed by atoms with Crippen LogP contribution in [0.15, 0.2) is 54.9 Å². The number of nitrogens with zero attached hydrogens (tertiary/aromatic N) is 4. The lowest BCUT2D eigenvalue weighted by molar-refractivity contribution is -0.151. The lowest BCUT2D eigenvalue weighted by Gasteiger charge is -2.29. The predicted molar refractivity (Wildman–Crippen MR) is 152 cm³/mol. The highest BCUT2D eigenvalue weighted by atomic mass is 16.5. The number of nitrogens with one attached hydrogen (secondary N) is 2. The number of carbonyl (C=O) groups excluding carboxylic acids is 3. The van der Waals surface area contributed by atoms with Crippen LogP contribution in [0.3, 0.4) is 0 Å². The van der Waals surface area contributed by atoms with Crippen LogP contribution >= 0.6 is 0 Å². The number of benzene rings is 1. The van der Waals surface area contributed by atoms with Gasteiger partial charge in [0, 0.05) is 41.9 Å². The van der Waals surface area contributed by atoms with Crippen LogP contribution in [0.5, 0.6) is 11.5 Å². The summed E-state index contributed by atoms with van der Waals surface area (Å²) in [5.41, 5.74) is 0.532. The Morgan fingerprint density at radius 1 is 1.17 bits per heavy atom. The van der Waals surface area contributed by atoms with E-state index in [0.29, 0.717) is 28.4 Å². The molecule has 3 aromatic rings. The van der Waals surface area contributed by atoms with Crippen molar-refractivity contribution in [3.05, 3.63) is 54.9 Å². The van der Waals surface area contributed by atoms with Crippen LogP contribution in [-0.4, -0.2) is 82.1 Å². The van der Waals surface area contributed by atoms with E-state index in [4.69, 9.17) is 19.2 Å². The van der Waals surface area contributed by atoms with E-state index in [-0.39, 0.29) is 13.0 Å². The number of likely N-dealkylation sites (tertiary alicyclic amines) is 1. The molecular weight excluding hydrogens is 528 g/mol. The Hall–Kier alpha value is -4.61. The molecule has 0 radical (unpaired) electrons. The molecule has 3 heterocycles. The van der Waals surface area contributed by atoms with Crippen molar-refractivity contribution < 1.29 is 28.6 Å². The summed E-state index contributed by atoms with van der Waals surface area (Å²) in [6.07, 6.45) is 3.04. The van der Waals surface area contributed by atoms with Crippen LogP contribution in [0.4, 0.5) is 4.79 Å². The number of fused-ring (bicyclic) bond motifs is 1. The number of carbonyl (C=O) groups is 3. The topological polar surface area (TPSA) is 137 Å². The minimum atomic E-state index is -1.05. The van der Waals surface area contributed by atoms with Crippen molar-refractivity contribution in [3.63, 3.8) is 0 Å². The van der Waals surface area contributed by atoms with Gasteiger partial charge in [0.25, 0.3) is 0 Å². The first-order chi connectivity index (χ1) is 19.4. The molecular formula is C29H36N6O6. The monoisotopic (exact) mass is 564 g/mol. The third-order valence-corrected chi connectivity index (χ3v) is 6.52. The Bertz CT molecular complexity index is 1450. The average molecular weight is 565 g/mol. The average Bonchev–Trinajstić information content (AvgIpc) is 3.60. The number of amides is 3. The lowest BCUT2D eigenvalue weighted by Crippen LogP contribution is -2.56. The third kappa shape index (κ3) is 6.76. The summed E-state index contributed by atoms with van der Waals surface area (Å²) in [5.74, 6) is 0.601. The number of rotatable bonds is 8. The first-order valence-corrected chi connectivity index (χ1v) is 13.2. The Morgan fingerprint density at radius 2 is 1.93 bits per heavy atom. The Kier molecular flexibility index (Phi) is 8.50. The minimum Gasteiger partial charge on any atom is -0.497 e. The first kappa shape index (κ1) is 29.4. The smallest absolute Gasteiger partial charge is 0.328 e. The number of esters is 1. The molecule has 2 N–H and O–H groups in total. The van der Waals surface area contributed by atoms with Crippen LogP contribution in [0.1, 0.15) is 34.1 Å². The number of hydrogen-bond acceptors (Lipinski definition) is 8. The molecule has 1 fully saturated rings. The van der Waals surface area contributed by atoms with Crippen molar-refractivity contribution in [2.45, 2.75) is 57.8 Å². The number of hydrogen-bond donors (Lipinski definition) is 2. The van der Waals surface area contributed by atoms with Crippen molar-refractivity contribution in [3.8, 4) is 17.3 Å². The van der Waals surface area contributed by atoms with Crippen LogP contribution in [0.25, 0.3) is 16.7 Å². The van der Waals surface area contributed by atoms with E-state index in [9.17, 15) is 14.4 Å². The SMILES string of the molecule is C=C(C)C(NC(=O)NC(C)(C)C)C(=O)N1C[C@H](Oc2cc(-n3cccn3)nc3cc(OC)ccc23)CC1C(=O)OC. The Labute approximate surface area is 238 Å². The van der Waals surface area contributed by atoms with Crippen molar-refractivity contribution in [1.82, 2.24) is 30.3 Å². The molecule has 218 valence electrons. The van der Waals surface area contributed by atoms with Gasteiger partial charge in [0.15, 0.2) is 5.82 Å². The van der Waals surface area contributed by atoms with E-state index < -0.39 is 41.6 Å². The summed E-state index contributed by atoms with van der Waals surface area (Å²) in [5, 5.41) is 10.5. The van der Waals surface area contributed by atoms with Gasteiger partial charge in [-0.3, -0.25) is 4.79 Å². The molecule has 41 heavy (non-hydrogen) atoms. The maximum atomic E-state index is 13.7. The van der Waals surface area contributed by atoms with Crippen molar-refractivity contribution in [1.29, 1.82) is 0 Å². The van der Waals surface area contributed by atoms with Gasteiger partial charge < -0.3 is 29.7 Å². The second-order valence-corrected chi connectivity index (χ2v) is 10.9. The molecule has 2 unspecified atom stereocenters. The lowest BCUT2D eigenvalue weighted by atomic mass is 10.1. The van der Waals surface area contributed by atoms with Crippen molar-refractivity contribution in [2.75, 3.05) is 20.8 Å². The van der Waals surface area contributed by atoms with Gasteiger partial charge in [-0.2, -0.15) is 5.10 Å². The van der Waals surface area contributed by atoms with Gasteiger partial charge in [-0.25, -0.2) is 19.3 Å². The Morgan fingerprint density at radius 3 is 2.54 bits per heavy atom. The standard InChI is InChI=1S/C29H36N6O6/c1-17(2)25(32-28(38)33-29(3,4)5)26(36)34-16-19(14-22(34)27(37)40-7)41-23-15-24(35-12-8-11-30-35)31-21-13-18(39-6)9-10-20(21)23/h8-13,15,19,22,25H,1,14,16H2,2-7H3,(H2,32,33,38)/t19-,22?,25?/m1/s1. The number of methoxy groups -OCH3 is 2. The summed E-state index contributed by atoms with van der Waals surface area (Å²) >= 11 is 0. The molecule has 0 aliphatic carbocycles. The highest BCUT2D eigenvalue weighted by Gasteiger charge is 2.44. The molecule has 4 rings (SSSR count). The highest BCUT2D eigenvalue weighted by molar-refractivity contribution is 5.93. The zero-order chi connectivity index (χ0) is 29.9. The van der Waals surface area contributed by atoms with E-state index in [0.717, 1.165) is 5.39 Å². The highest BCUT2D eigenvalue weighted by Crippen LogP contribution is 2.33. The molecule has 1 aromatic carbocycles. The molecule has 3 atom stereocenters. The normalized spacial score (nSPS) is 17.6. The summed E-state index contributed by atoms with van der Waals surface area (Å²) < 4.78 is 18.5. The quantitative estimate of drug-likeness (QED) is 0.315. The fraction of sp³-hybridized carbons (Fsp3) is 0.414. The zero-order valence-corrected chi connectivity index (χ0v) is 24.1. The molecule has 0 bridgehead atoms. The fourth-order valence-electron chi connectivity index (χ4n) is 4.64. The first-order valence-electron chi connectivity index (χ1n) is 13.2. The van der Waals surface area contributed by atoms with Gasteiger partial charge in [0.1, 0.15) is 29.7 Å². The van der Waals surface area contributed by atoms with Gasteiger partial charge in [-0.15, -0.1) is 0 Å². The molecule has 3 amide bonds. The number of aromatic nitrogens is 3. The molecule has 0 saturated carbocycles. The molecule has 1 aliphatic heterocycles. The van der Waals surface area contributed by atoms with Crippen LogP contribution in [0.2, 0.25) is 0 Å². The third-order valence-electron chi connectivity index (χ3n) is 6.52. The maximum absolute atomic E-state index is 13.7. The van der Waals surface area contributed by atoms with Gasteiger partial charge in [-0.1, -0.05) is 6.58 Å². The Balaban J connectivity index is 1.64. The number of pyridine rings is 1. The second-order valence-electron chi connectivity index (χ2n) is 10.9. The van der Waals surface area contributed by atoms with Gasteiger partial charge in [0.05, 0.1) is 26.3 Å². The van der Waals surface area contributed by atoms with Crippen LogP contribution in [0, 0.1) is 0 Å². The van der Waals surface area contributed by atoms with E-state index in [1.165, 1.54) is 12.0 Å². The minimum absolute atomic E-state index is 0.0853. The fourth-order valence-corrected chi connectivity index (χ4v) is 4.64. The van der Waals surface area contributed by atoms with Crippen LogP contribution < -0.4 is 20.1 Å². The molecule has 0 spiro atoms. The number of urea groups is 1. The molecule has 1 aliphatic rings. The molecule has 12 heteroatoms. The largest absolute Gasteiger partial charge is 0.497 e. The van der Waals surface area contributed by atoms with Crippen molar-refractivity contribution >= 4 is 28.8 Å². The number of ether oxygens (including phenoxy) is 3. The summed E-state index contributed by atoms with van der Waals surface area (Å²) in [6, 6.07) is 6.50. The summed E-state index contributed by atoms with van der Waals surface area (Å²) in [6.45, 7) is 11.1. The van der Waals surface area contributed by atoms with E-state index in [2.05, 4.69) is 22.3 Å². The summed E-state index contributed by atoms with van der Waals surface area (Å²) in [4.78, 5) is 45.2. The van der Waals surface area contributed by atoms with E-state index in [1.807, 2.05) is 26.8 Å². The molecule has 1 saturated heterocycles. The maximum Gasteiger partial charge on any atom is 0.328 e. The molecule has 12 nitrogen and oxygen atoms in total. The summed E-state index contributed by atoms with van der Waals surface area (Å²) in [7, 11) is 2.84.